The lowest BCUT2D eigenvalue weighted by Gasteiger charge is -2.25. The van der Waals surface area contributed by atoms with Crippen LogP contribution in [0.25, 0.3) is 16.6 Å². The standard InChI is InChI=1S/C30H29BrN2O3/c1-18-14-19(2)28(20(3)15-18)32-16-24(23-12-8-9-13-25(23)32)21(4)27(31)29(34)33-26(17-36-30(33)35)22-10-6-5-7-11-22/h5-16,21,26-27H,17H2,1-4H3/t21-,26-,27+/m0/s1. The van der Waals surface area contributed by atoms with Gasteiger partial charge in [-0.1, -0.05) is 89.1 Å². The van der Waals surface area contributed by atoms with Gasteiger partial charge >= 0.3 is 6.09 Å². The number of hydrogen-bond donors (Lipinski definition) is 0. The van der Waals surface area contributed by atoms with Gasteiger partial charge in [-0.25, -0.2) is 9.69 Å². The summed E-state index contributed by atoms with van der Waals surface area (Å²) < 4.78 is 7.53. The molecule has 0 spiro atoms. The van der Waals surface area contributed by atoms with E-state index in [1.54, 1.807) is 0 Å². The Morgan fingerprint density at radius 3 is 2.33 bits per heavy atom. The van der Waals surface area contributed by atoms with Crippen LogP contribution >= 0.6 is 15.9 Å². The van der Waals surface area contributed by atoms with Crippen molar-refractivity contribution in [1.29, 1.82) is 0 Å². The van der Waals surface area contributed by atoms with E-state index in [1.165, 1.54) is 21.6 Å². The molecule has 2 amide bonds. The maximum Gasteiger partial charge on any atom is 0.417 e. The summed E-state index contributed by atoms with van der Waals surface area (Å²) in [6.45, 7) is 8.56. The number of para-hydroxylation sites is 1. The van der Waals surface area contributed by atoms with Crippen LogP contribution in [0.3, 0.4) is 0 Å². The predicted molar refractivity (Wildman–Crippen MR) is 146 cm³/mol. The van der Waals surface area contributed by atoms with Crippen molar-refractivity contribution in [3.05, 3.63) is 101 Å². The minimum atomic E-state index is -0.603. The molecule has 3 atom stereocenters. The lowest BCUT2D eigenvalue weighted by molar-refractivity contribution is -0.128. The van der Waals surface area contributed by atoms with Crippen molar-refractivity contribution < 1.29 is 14.3 Å². The summed E-state index contributed by atoms with van der Waals surface area (Å²) in [5, 5.41) is 1.09. The van der Waals surface area contributed by atoms with Gasteiger partial charge in [0, 0.05) is 17.5 Å². The number of carbonyl (C=O) groups excluding carboxylic acids is 2. The molecule has 1 aromatic heterocycles. The highest BCUT2D eigenvalue weighted by atomic mass is 79.9. The Bertz CT molecular complexity index is 1440. The number of ether oxygens (including phenoxy) is 1. The minimum Gasteiger partial charge on any atom is -0.446 e. The van der Waals surface area contributed by atoms with Gasteiger partial charge in [0.15, 0.2) is 0 Å². The zero-order chi connectivity index (χ0) is 25.6. The van der Waals surface area contributed by atoms with Gasteiger partial charge in [-0.05, 0) is 49.1 Å². The van der Waals surface area contributed by atoms with Crippen LogP contribution in [0.15, 0.2) is 72.9 Å². The fourth-order valence-electron chi connectivity index (χ4n) is 5.40. The predicted octanol–water partition coefficient (Wildman–Crippen LogP) is 7.14. The Morgan fingerprint density at radius 2 is 1.64 bits per heavy atom. The Balaban J connectivity index is 1.53. The molecule has 3 aromatic carbocycles. The number of hydrogen-bond acceptors (Lipinski definition) is 3. The second-order valence-corrected chi connectivity index (χ2v) is 10.6. The number of carbonyl (C=O) groups is 2. The van der Waals surface area contributed by atoms with Crippen molar-refractivity contribution in [2.24, 2.45) is 0 Å². The van der Waals surface area contributed by atoms with E-state index in [9.17, 15) is 9.59 Å². The molecule has 4 aromatic rings. The van der Waals surface area contributed by atoms with Crippen LogP contribution in [0.5, 0.6) is 0 Å². The van der Waals surface area contributed by atoms with E-state index < -0.39 is 17.0 Å². The van der Waals surface area contributed by atoms with Gasteiger partial charge in [-0.3, -0.25) is 4.79 Å². The SMILES string of the molecule is Cc1cc(C)c(-n2cc([C@H](C)[C@@H](Br)C(=O)N3C(=O)OC[C@H]3c3ccccc3)c3ccccc32)c(C)c1. The van der Waals surface area contributed by atoms with Crippen LogP contribution in [-0.4, -0.2) is 32.9 Å². The first-order valence-corrected chi connectivity index (χ1v) is 13.1. The number of aryl methyl sites for hydroxylation is 3. The molecule has 1 aliphatic heterocycles. The Hall–Kier alpha value is -3.38. The van der Waals surface area contributed by atoms with Gasteiger partial charge in [-0.15, -0.1) is 0 Å². The number of benzene rings is 3. The smallest absolute Gasteiger partial charge is 0.417 e. The van der Waals surface area contributed by atoms with E-state index in [0.29, 0.717) is 0 Å². The fourth-order valence-corrected chi connectivity index (χ4v) is 5.90. The third kappa shape index (κ3) is 4.13. The molecule has 0 unspecified atom stereocenters. The normalized spacial score (nSPS) is 17.3. The maximum absolute atomic E-state index is 13.7. The van der Waals surface area contributed by atoms with Crippen LogP contribution < -0.4 is 0 Å². The summed E-state index contributed by atoms with van der Waals surface area (Å²) in [5.74, 6) is -0.488. The fraction of sp³-hybridized carbons (Fsp3) is 0.267. The van der Waals surface area contributed by atoms with Gasteiger partial charge in [0.05, 0.1) is 11.2 Å². The van der Waals surface area contributed by atoms with Crippen LogP contribution in [-0.2, 0) is 9.53 Å². The zero-order valence-electron chi connectivity index (χ0n) is 20.9. The van der Waals surface area contributed by atoms with Crippen molar-refractivity contribution in [3.63, 3.8) is 0 Å². The molecule has 184 valence electrons. The van der Waals surface area contributed by atoms with E-state index in [-0.39, 0.29) is 18.4 Å². The second kappa shape index (κ2) is 9.58. The first kappa shape index (κ1) is 24.3. The molecule has 0 radical (unpaired) electrons. The number of fused-ring (bicyclic) bond motifs is 1. The first-order valence-electron chi connectivity index (χ1n) is 12.1. The Morgan fingerprint density at radius 1 is 1.00 bits per heavy atom. The quantitative estimate of drug-likeness (QED) is 0.251. The van der Waals surface area contributed by atoms with E-state index in [4.69, 9.17) is 4.74 Å². The van der Waals surface area contributed by atoms with Crippen molar-refractivity contribution >= 4 is 38.8 Å². The van der Waals surface area contributed by atoms with E-state index >= 15 is 0 Å². The molecule has 0 bridgehead atoms. The zero-order valence-corrected chi connectivity index (χ0v) is 22.5. The Kier molecular flexibility index (Phi) is 6.47. The summed E-state index contributed by atoms with van der Waals surface area (Å²) in [6.07, 6.45) is 1.54. The number of imide groups is 1. The highest BCUT2D eigenvalue weighted by Crippen LogP contribution is 2.38. The van der Waals surface area contributed by atoms with Crippen LogP contribution in [0.1, 0.15) is 46.7 Å². The summed E-state index contributed by atoms with van der Waals surface area (Å²) in [6, 6.07) is 21.8. The number of nitrogens with zero attached hydrogens (tertiary/aromatic N) is 2. The number of amides is 2. The average molecular weight is 545 g/mol. The lowest BCUT2D eigenvalue weighted by Crippen LogP contribution is -2.40. The minimum absolute atomic E-state index is 0.161. The summed E-state index contributed by atoms with van der Waals surface area (Å²) in [5.41, 5.74) is 7.79. The topological polar surface area (TPSA) is 51.5 Å². The van der Waals surface area contributed by atoms with Crippen molar-refractivity contribution in [1.82, 2.24) is 9.47 Å². The number of alkyl halides is 1. The third-order valence-corrected chi connectivity index (χ3v) is 8.26. The van der Waals surface area contributed by atoms with Crippen molar-refractivity contribution in [2.45, 2.75) is 44.5 Å². The molecule has 0 aliphatic carbocycles. The van der Waals surface area contributed by atoms with Gasteiger partial charge in [0.25, 0.3) is 0 Å². The summed E-state index contributed by atoms with van der Waals surface area (Å²) in [4.78, 5) is 27.0. The van der Waals surface area contributed by atoms with E-state index in [2.05, 4.69) is 71.7 Å². The van der Waals surface area contributed by atoms with Gasteiger partial charge in [-0.2, -0.15) is 0 Å². The lowest BCUT2D eigenvalue weighted by atomic mass is 9.96. The van der Waals surface area contributed by atoms with E-state index in [0.717, 1.165) is 27.7 Å². The number of halogens is 1. The number of aromatic nitrogens is 1. The molecule has 6 heteroatoms. The molecular formula is C30H29BrN2O3. The molecule has 2 heterocycles. The molecule has 36 heavy (non-hydrogen) atoms. The van der Waals surface area contributed by atoms with Crippen LogP contribution in [0.2, 0.25) is 0 Å². The highest BCUT2D eigenvalue weighted by molar-refractivity contribution is 9.10. The number of cyclic esters (lactones) is 1. The van der Waals surface area contributed by atoms with Crippen LogP contribution in [0.4, 0.5) is 4.79 Å². The monoisotopic (exact) mass is 544 g/mol. The van der Waals surface area contributed by atoms with E-state index in [1.807, 2.05) is 49.4 Å². The Labute approximate surface area is 219 Å². The molecule has 1 saturated heterocycles. The summed E-state index contributed by atoms with van der Waals surface area (Å²) >= 11 is 3.66. The molecule has 0 saturated carbocycles. The largest absolute Gasteiger partial charge is 0.446 e. The van der Waals surface area contributed by atoms with Gasteiger partial charge in [0.2, 0.25) is 5.91 Å². The second-order valence-electron chi connectivity index (χ2n) is 9.62. The van der Waals surface area contributed by atoms with Crippen molar-refractivity contribution in [3.8, 4) is 5.69 Å². The molecule has 5 rings (SSSR count). The van der Waals surface area contributed by atoms with Crippen molar-refractivity contribution in [2.75, 3.05) is 6.61 Å². The third-order valence-electron chi connectivity index (χ3n) is 7.08. The number of rotatable bonds is 5. The molecule has 0 N–H and O–H groups in total. The first-order chi connectivity index (χ1) is 17.3. The maximum atomic E-state index is 13.7. The summed E-state index contributed by atoms with van der Waals surface area (Å²) in [7, 11) is 0. The van der Waals surface area contributed by atoms with Crippen LogP contribution in [0, 0.1) is 20.8 Å². The average Bonchev–Trinajstić information content (AvgIpc) is 3.44. The molecule has 5 nitrogen and oxygen atoms in total. The molecular weight excluding hydrogens is 516 g/mol. The van der Waals surface area contributed by atoms with Gasteiger partial charge in [0.1, 0.15) is 17.5 Å². The highest BCUT2D eigenvalue weighted by Gasteiger charge is 2.42. The molecule has 1 fully saturated rings. The van der Waals surface area contributed by atoms with Gasteiger partial charge < -0.3 is 9.30 Å². The molecule has 1 aliphatic rings.